The summed E-state index contributed by atoms with van der Waals surface area (Å²) in [7, 11) is 4.97. The number of nitrogens with zero attached hydrogens (tertiary/aromatic N) is 2. The van der Waals surface area contributed by atoms with Crippen molar-refractivity contribution in [3.8, 4) is 11.5 Å². The van der Waals surface area contributed by atoms with E-state index in [1.165, 1.54) is 0 Å². The minimum atomic E-state index is -0.0427. The van der Waals surface area contributed by atoms with Crippen LogP contribution in [0.4, 0.5) is 0 Å². The molecule has 2 aromatic rings. The first kappa shape index (κ1) is 17.5. The Balaban J connectivity index is 1.94. The second-order valence-electron chi connectivity index (χ2n) is 5.31. The lowest BCUT2D eigenvalue weighted by atomic mass is 10.1. The van der Waals surface area contributed by atoms with Gasteiger partial charge in [-0.2, -0.15) is 0 Å². The molecule has 1 aromatic heterocycles. The van der Waals surface area contributed by atoms with Gasteiger partial charge in [-0.25, -0.2) is 0 Å². The first-order valence-corrected chi connectivity index (χ1v) is 7.68. The number of benzene rings is 1. The van der Waals surface area contributed by atoms with E-state index in [-0.39, 0.29) is 5.91 Å². The average Bonchev–Trinajstić information content (AvgIpc) is 2.64. The number of rotatable bonds is 7. The highest BCUT2D eigenvalue weighted by Gasteiger charge is 2.06. The molecule has 24 heavy (non-hydrogen) atoms. The maximum absolute atomic E-state index is 12.2. The largest absolute Gasteiger partial charge is 0.493 e. The Kier molecular flexibility index (Phi) is 6.37. The molecule has 0 saturated heterocycles. The van der Waals surface area contributed by atoms with Gasteiger partial charge in [-0.15, -0.1) is 0 Å². The van der Waals surface area contributed by atoms with Crippen LogP contribution in [0.3, 0.4) is 0 Å². The van der Waals surface area contributed by atoms with Crippen LogP contribution in [0.1, 0.15) is 11.1 Å². The molecule has 0 radical (unpaired) electrons. The fourth-order valence-electron chi connectivity index (χ4n) is 2.21. The lowest BCUT2D eigenvalue weighted by molar-refractivity contribution is -0.124. The summed E-state index contributed by atoms with van der Waals surface area (Å²) >= 11 is 0. The third kappa shape index (κ3) is 4.84. The second-order valence-corrected chi connectivity index (χ2v) is 5.31. The highest BCUT2D eigenvalue weighted by Crippen LogP contribution is 2.27. The molecule has 0 atom stereocenters. The smallest absolute Gasteiger partial charge is 0.246 e. The summed E-state index contributed by atoms with van der Waals surface area (Å²) in [5.74, 6) is 1.26. The van der Waals surface area contributed by atoms with Gasteiger partial charge in [-0.1, -0.05) is 6.07 Å². The van der Waals surface area contributed by atoms with E-state index in [1.54, 1.807) is 50.7 Å². The Morgan fingerprint density at radius 2 is 1.83 bits per heavy atom. The van der Waals surface area contributed by atoms with Gasteiger partial charge >= 0.3 is 0 Å². The van der Waals surface area contributed by atoms with Crippen LogP contribution in [0, 0.1) is 0 Å². The van der Waals surface area contributed by atoms with E-state index in [9.17, 15) is 4.79 Å². The van der Waals surface area contributed by atoms with E-state index in [0.717, 1.165) is 17.5 Å². The SMILES string of the molecule is COc1ccc(/C=C/C(=O)N(C)CCc2ccncc2)cc1OC. The lowest BCUT2D eigenvalue weighted by Crippen LogP contribution is -2.27. The Morgan fingerprint density at radius 1 is 1.12 bits per heavy atom. The number of hydrogen-bond donors (Lipinski definition) is 0. The molecule has 5 heteroatoms. The molecule has 0 aliphatic carbocycles. The predicted molar refractivity (Wildman–Crippen MR) is 94.2 cm³/mol. The summed E-state index contributed by atoms with van der Waals surface area (Å²) in [5.41, 5.74) is 2.04. The molecular formula is C19H22N2O3. The number of likely N-dealkylation sites (N-methyl/N-ethyl adjacent to an activating group) is 1. The summed E-state index contributed by atoms with van der Waals surface area (Å²) in [4.78, 5) is 17.9. The first-order chi connectivity index (χ1) is 11.6. The molecule has 5 nitrogen and oxygen atoms in total. The van der Waals surface area contributed by atoms with E-state index < -0.39 is 0 Å². The zero-order valence-electron chi connectivity index (χ0n) is 14.2. The quantitative estimate of drug-likeness (QED) is 0.734. The third-order valence-electron chi connectivity index (χ3n) is 3.69. The van der Waals surface area contributed by atoms with Gasteiger partial charge in [0.2, 0.25) is 5.91 Å². The Bertz CT molecular complexity index is 699. The number of hydrogen-bond acceptors (Lipinski definition) is 4. The summed E-state index contributed by atoms with van der Waals surface area (Å²) in [5, 5.41) is 0. The van der Waals surface area contributed by atoms with E-state index in [0.29, 0.717) is 18.0 Å². The Morgan fingerprint density at radius 3 is 2.50 bits per heavy atom. The topological polar surface area (TPSA) is 51.7 Å². The molecule has 1 aromatic carbocycles. The molecule has 0 bridgehead atoms. The van der Waals surface area contributed by atoms with Crippen molar-refractivity contribution in [1.29, 1.82) is 0 Å². The van der Waals surface area contributed by atoms with Gasteiger partial charge in [0, 0.05) is 32.1 Å². The number of ether oxygens (including phenoxy) is 2. The van der Waals surface area contributed by atoms with Crippen LogP contribution in [-0.2, 0) is 11.2 Å². The van der Waals surface area contributed by atoms with E-state index in [1.807, 2.05) is 30.3 Å². The van der Waals surface area contributed by atoms with Gasteiger partial charge in [0.1, 0.15) is 0 Å². The highest BCUT2D eigenvalue weighted by atomic mass is 16.5. The van der Waals surface area contributed by atoms with Gasteiger partial charge < -0.3 is 14.4 Å². The number of methoxy groups -OCH3 is 2. The van der Waals surface area contributed by atoms with Crippen molar-refractivity contribution < 1.29 is 14.3 Å². The van der Waals surface area contributed by atoms with Crippen LogP contribution in [0.2, 0.25) is 0 Å². The number of carbonyl (C=O) groups excluding carboxylic acids is 1. The van der Waals surface area contributed by atoms with Crippen LogP contribution in [0.5, 0.6) is 11.5 Å². The van der Waals surface area contributed by atoms with Crippen molar-refractivity contribution >= 4 is 12.0 Å². The summed E-state index contributed by atoms with van der Waals surface area (Å²) in [6, 6.07) is 9.44. The standard InChI is InChI=1S/C19H22N2O3/c1-21(13-10-15-8-11-20-12-9-15)19(22)7-5-16-4-6-17(23-2)18(14-16)24-3/h4-9,11-12,14H,10,13H2,1-3H3/b7-5+. The van der Waals surface area contributed by atoms with Crippen LogP contribution in [0.25, 0.3) is 6.08 Å². The monoisotopic (exact) mass is 326 g/mol. The number of carbonyl (C=O) groups is 1. The maximum atomic E-state index is 12.2. The van der Waals surface area contributed by atoms with E-state index >= 15 is 0 Å². The molecule has 0 N–H and O–H groups in total. The Hall–Kier alpha value is -2.82. The third-order valence-corrected chi connectivity index (χ3v) is 3.69. The minimum Gasteiger partial charge on any atom is -0.493 e. The number of aromatic nitrogens is 1. The van der Waals surface area contributed by atoms with Gasteiger partial charge in [0.05, 0.1) is 14.2 Å². The van der Waals surface area contributed by atoms with Gasteiger partial charge in [0.15, 0.2) is 11.5 Å². The average molecular weight is 326 g/mol. The van der Waals surface area contributed by atoms with Crippen molar-refractivity contribution in [3.05, 3.63) is 59.9 Å². The number of amides is 1. The molecule has 126 valence electrons. The van der Waals surface area contributed by atoms with Crippen molar-refractivity contribution in [1.82, 2.24) is 9.88 Å². The molecule has 0 aliphatic heterocycles. The molecule has 2 rings (SSSR count). The summed E-state index contributed by atoms with van der Waals surface area (Å²) in [6.07, 6.45) is 7.65. The van der Waals surface area contributed by atoms with Gasteiger partial charge in [-0.3, -0.25) is 9.78 Å². The molecule has 0 saturated carbocycles. The summed E-state index contributed by atoms with van der Waals surface area (Å²) in [6.45, 7) is 0.652. The number of pyridine rings is 1. The van der Waals surface area contributed by atoms with Crippen molar-refractivity contribution in [2.75, 3.05) is 27.8 Å². The normalized spacial score (nSPS) is 10.6. The van der Waals surface area contributed by atoms with Crippen LogP contribution < -0.4 is 9.47 Å². The lowest BCUT2D eigenvalue weighted by Gasteiger charge is -2.15. The molecule has 1 heterocycles. The summed E-state index contributed by atoms with van der Waals surface area (Å²) < 4.78 is 10.5. The fourth-order valence-corrected chi connectivity index (χ4v) is 2.21. The molecule has 0 spiro atoms. The van der Waals surface area contributed by atoms with Crippen LogP contribution in [-0.4, -0.2) is 43.6 Å². The molecule has 0 unspecified atom stereocenters. The fraction of sp³-hybridized carbons (Fsp3) is 0.263. The predicted octanol–water partition coefficient (Wildman–Crippen LogP) is 2.81. The molecular weight excluding hydrogens is 304 g/mol. The van der Waals surface area contributed by atoms with E-state index in [4.69, 9.17) is 9.47 Å². The zero-order valence-corrected chi connectivity index (χ0v) is 14.2. The van der Waals surface area contributed by atoms with Crippen LogP contribution in [0.15, 0.2) is 48.8 Å². The molecule has 1 amide bonds. The molecule has 0 fully saturated rings. The van der Waals surface area contributed by atoms with Crippen molar-refractivity contribution in [2.45, 2.75) is 6.42 Å². The zero-order chi connectivity index (χ0) is 17.4. The second kappa shape index (κ2) is 8.72. The first-order valence-electron chi connectivity index (χ1n) is 7.68. The van der Waals surface area contributed by atoms with Crippen LogP contribution >= 0.6 is 0 Å². The molecule has 0 aliphatic rings. The van der Waals surface area contributed by atoms with Crippen molar-refractivity contribution in [3.63, 3.8) is 0 Å². The van der Waals surface area contributed by atoms with Gasteiger partial charge in [-0.05, 0) is 47.9 Å². The van der Waals surface area contributed by atoms with Crippen molar-refractivity contribution in [2.24, 2.45) is 0 Å². The minimum absolute atomic E-state index is 0.0427. The van der Waals surface area contributed by atoms with E-state index in [2.05, 4.69) is 4.98 Å². The highest BCUT2D eigenvalue weighted by molar-refractivity contribution is 5.91. The van der Waals surface area contributed by atoms with Gasteiger partial charge in [0.25, 0.3) is 0 Å². The Labute approximate surface area is 142 Å². The maximum Gasteiger partial charge on any atom is 0.246 e.